The topological polar surface area (TPSA) is 105 Å². The number of ether oxygens (including phenoxy) is 2. The molecule has 1 aromatic carbocycles. The van der Waals surface area contributed by atoms with Crippen molar-refractivity contribution < 1.29 is 19.1 Å². The number of benzene rings is 1. The first kappa shape index (κ1) is 15.7. The number of amides is 1. The largest absolute Gasteiger partial charge is 0.462 e. The third kappa shape index (κ3) is 4.13. The smallest absolute Gasteiger partial charge is 0.414 e. The minimum Gasteiger partial charge on any atom is -0.462 e. The third-order valence-corrected chi connectivity index (χ3v) is 3.16. The van der Waals surface area contributed by atoms with Crippen LogP contribution in [0.1, 0.15) is 12.5 Å². The molecule has 1 unspecified atom stereocenters. The lowest BCUT2D eigenvalue weighted by Crippen LogP contribution is -2.26. The quantitative estimate of drug-likeness (QED) is 0.348. The average Bonchev–Trinajstić information content (AvgIpc) is 2.87. The highest BCUT2D eigenvalue weighted by Crippen LogP contribution is 2.22. The van der Waals surface area contributed by atoms with Gasteiger partial charge in [0.25, 0.3) is 0 Å². The fourth-order valence-electron chi connectivity index (χ4n) is 2.10. The standard InChI is InChI=1S/C14H16N4O4/c1-10(19)21-9-13-8-18(14(20)22-13)12-4-2-11(3-5-12)6-7-16-17-15/h2-5,13H,6-9H2,1H3. The molecule has 1 aromatic rings. The number of rotatable bonds is 6. The van der Waals surface area contributed by atoms with Crippen LogP contribution in [0.15, 0.2) is 29.4 Å². The van der Waals surface area contributed by atoms with Crippen molar-refractivity contribution in [2.24, 2.45) is 5.11 Å². The van der Waals surface area contributed by atoms with Crippen LogP contribution in [-0.4, -0.2) is 37.9 Å². The zero-order valence-electron chi connectivity index (χ0n) is 12.1. The number of carbonyl (C=O) groups is 2. The fraction of sp³-hybridized carbons (Fsp3) is 0.429. The van der Waals surface area contributed by atoms with E-state index in [4.69, 9.17) is 15.0 Å². The number of hydrogen-bond acceptors (Lipinski definition) is 5. The Morgan fingerprint density at radius 3 is 2.86 bits per heavy atom. The van der Waals surface area contributed by atoms with E-state index >= 15 is 0 Å². The van der Waals surface area contributed by atoms with Crippen molar-refractivity contribution in [3.05, 3.63) is 40.3 Å². The predicted molar refractivity (Wildman–Crippen MR) is 78.4 cm³/mol. The third-order valence-electron chi connectivity index (χ3n) is 3.16. The summed E-state index contributed by atoms with van der Waals surface area (Å²) in [7, 11) is 0. The Morgan fingerprint density at radius 1 is 1.50 bits per heavy atom. The van der Waals surface area contributed by atoms with Gasteiger partial charge in [0.2, 0.25) is 0 Å². The highest BCUT2D eigenvalue weighted by Gasteiger charge is 2.32. The Bertz CT molecular complexity index is 595. The number of carbonyl (C=O) groups excluding carboxylic acids is 2. The molecule has 0 saturated carbocycles. The molecule has 0 aliphatic carbocycles. The molecule has 1 fully saturated rings. The number of hydrogen-bond donors (Lipinski definition) is 0. The van der Waals surface area contributed by atoms with Gasteiger partial charge in [0, 0.05) is 24.1 Å². The second kappa shape index (κ2) is 7.33. The second-order valence-electron chi connectivity index (χ2n) is 4.79. The van der Waals surface area contributed by atoms with Gasteiger partial charge >= 0.3 is 12.1 Å². The molecule has 22 heavy (non-hydrogen) atoms. The van der Waals surface area contributed by atoms with E-state index in [1.54, 1.807) is 12.1 Å². The first-order valence-corrected chi connectivity index (χ1v) is 6.81. The summed E-state index contributed by atoms with van der Waals surface area (Å²) >= 11 is 0. The van der Waals surface area contributed by atoms with Crippen molar-refractivity contribution in [2.75, 3.05) is 24.6 Å². The van der Waals surface area contributed by atoms with E-state index in [-0.39, 0.29) is 6.61 Å². The van der Waals surface area contributed by atoms with Gasteiger partial charge in [-0.2, -0.15) is 0 Å². The molecule has 0 radical (unpaired) electrons. The summed E-state index contributed by atoms with van der Waals surface area (Å²) in [6.45, 7) is 2.10. The Hall–Kier alpha value is -2.73. The lowest BCUT2D eigenvalue weighted by molar-refractivity contribution is -0.143. The maximum atomic E-state index is 11.8. The van der Waals surface area contributed by atoms with E-state index in [1.807, 2.05) is 12.1 Å². The van der Waals surface area contributed by atoms with Crippen LogP contribution >= 0.6 is 0 Å². The summed E-state index contributed by atoms with van der Waals surface area (Å²) in [4.78, 5) is 26.8. The van der Waals surface area contributed by atoms with Gasteiger partial charge in [0.15, 0.2) is 6.10 Å². The summed E-state index contributed by atoms with van der Waals surface area (Å²) < 4.78 is 9.99. The number of azide groups is 1. The van der Waals surface area contributed by atoms with Crippen LogP contribution in [0.5, 0.6) is 0 Å². The van der Waals surface area contributed by atoms with Crippen LogP contribution in [0.3, 0.4) is 0 Å². The first-order valence-electron chi connectivity index (χ1n) is 6.81. The van der Waals surface area contributed by atoms with Crippen LogP contribution < -0.4 is 4.90 Å². The molecule has 2 rings (SSSR count). The van der Waals surface area contributed by atoms with E-state index in [1.165, 1.54) is 11.8 Å². The molecule has 1 heterocycles. The van der Waals surface area contributed by atoms with Crippen LogP contribution in [-0.2, 0) is 20.7 Å². The maximum absolute atomic E-state index is 11.8. The summed E-state index contributed by atoms with van der Waals surface area (Å²) in [5.41, 5.74) is 9.96. The zero-order valence-corrected chi connectivity index (χ0v) is 12.1. The van der Waals surface area contributed by atoms with Crippen molar-refractivity contribution in [3.63, 3.8) is 0 Å². The molecule has 8 heteroatoms. The number of esters is 1. The van der Waals surface area contributed by atoms with E-state index in [0.29, 0.717) is 25.2 Å². The molecule has 8 nitrogen and oxygen atoms in total. The molecule has 0 aromatic heterocycles. The van der Waals surface area contributed by atoms with Crippen molar-refractivity contribution >= 4 is 17.7 Å². The molecule has 0 N–H and O–H groups in total. The number of anilines is 1. The van der Waals surface area contributed by atoms with Crippen molar-refractivity contribution in [1.82, 2.24) is 0 Å². The van der Waals surface area contributed by atoms with Gasteiger partial charge in [0.05, 0.1) is 6.54 Å². The Morgan fingerprint density at radius 2 is 2.23 bits per heavy atom. The fourth-order valence-corrected chi connectivity index (χ4v) is 2.10. The Kier molecular flexibility index (Phi) is 5.21. The maximum Gasteiger partial charge on any atom is 0.414 e. The monoisotopic (exact) mass is 304 g/mol. The minimum absolute atomic E-state index is 0.0574. The van der Waals surface area contributed by atoms with Gasteiger partial charge in [-0.25, -0.2) is 4.79 Å². The molecule has 0 bridgehead atoms. The van der Waals surface area contributed by atoms with Crippen LogP contribution in [0.25, 0.3) is 10.4 Å². The van der Waals surface area contributed by atoms with Gasteiger partial charge in [0.1, 0.15) is 6.61 Å². The highest BCUT2D eigenvalue weighted by atomic mass is 16.6. The predicted octanol–water partition coefficient (Wildman–Crippen LogP) is 2.43. The van der Waals surface area contributed by atoms with Gasteiger partial charge in [-0.1, -0.05) is 17.2 Å². The summed E-state index contributed by atoms with van der Waals surface area (Å²) in [5.74, 6) is -0.404. The molecule has 1 aliphatic heterocycles. The molecule has 1 aliphatic rings. The second-order valence-corrected chi connectivity index (χ2v) is 4.79. The number of nitrogens with zero attached hydrogens (tertiary/aromatic N) is 4. The Labute approximate surface area is 127 Å². The van der Waals surface area contributed by atoms with Crippen molar-refractivity contribution in [3.8, 4) is 0 Å². The highest BCUT2D eigenvalue weighted by molar-refractivity contribution is 5.89. The van der Waals surface area contributed by atoms with E-state index in [2.05, 4.69) is 10.0 Å². The molecular weight excluding hydrogens is 288 g/mol. The van der Waals surface area contributed by atoms with E-state index in [9.17, 15) is 9.59 Å². The molecule has 0 spiro atoms. The first-order chi connectivity index (χ1) is 10.6. The van der Waals surface area contributed by atoms with Gasteiger partial charge in [-0.05, 0) is 29.6 Å². The van der Waals surface area contributed by atoms with E-state index < -0.39 is 18.2 Å². The van der Waals surface area contributed by atoms with Gasteiger partial charge in [-0.15, -0.1) is 0 Å². The van der Waals surface area contributed by atoms with E-state index in [0.717, 1.165) is 5.56 Å². The minimum atomic E-state index is -0.459. The molecule has 1 amide bonds. The van der Waals surface area contributed by atoms with Crippen LogP contribution in [0.2, 0.25) is 0 Å². The lowest BCUT2D eigenvalue weighted by Gasteiger charge is -2.13. The average molecular weight is 304 g/mol. The van der Waals surface area contributed by atoms with Crippen LogP contribution in [0, 0.1) is 0 Å². The molecular formula is C14H16N4O4. The van der Waals surface area contributed by atoms with Crippen molar-refractivity contribution in [1.29, 1.82) is 0 Å². The van der Waals surface area contributed by atoms with Crippen LogP contribution in [0.4, 0.5) is 10.5 Å². The number of cyclic esters (lactones) is 1. The summed E-state index contributed by atoms with van der Waals surface area (Å²) in [6.07, 6.45) is -0.274. The van der Waals surface area contributed by atoms with Gasteiger partial charge in [-0.3, -0.25) is 9.69 Å². The molecule has 116 valence electrons. The zero-order chi connectivity index (χ0) is 15.9. The Balaban J connectivity index is 1.95. The summed E-state index contributed by atoms with van der Waals surface area (Å²) in [6, 6.07) is 7.35. The van der Waals surface area contributed by atoms with Crippen molar-refractivity contribution in [2.45, 2.75) is 19.4 Å². The molecule has 1 atom stereocenters. The molecule has 1 saturated heterocycles. The van der Waals surface area contributed by atoms with Gasteiger partial charge < -0.3 is 9.47 Å². The normalized spacial score (nSPS) is 16.9. The SMILES string of the molecule is CC(=O)OCC1CN(c2ccc(CCN=[N+]=[N-])cc2)C(=O)O1. The summed E-state index contributed by atoms with van der Waals surface area (Å²) in [5, 5.41) is 3.48. The lowest BCUT2D eigenvalue weighted by atomic mass is 10.1.